The molecule has 0 saturated carbocycles. The van der Waals surface area contributed by atoms with Gasteiger partial charge in [0.1, 0.15) is 0 Å². The minimum absolute atomic E-state index is 0.130. The summed E-state index contributed by atoms with van der Waals surface area (Å²) in [7, 11) is 0. The van der Waals surface area contributed by atoms with Gasteiger partial charge in [0.2, 0.25) is 5.91 Å². The quantitative estimate of drug-likeness (QED) is 0.452. The van der Waals surface area contributed by atoms with Crippen LogP contribution in [0, 0.1) is 5.92 Å². The van der Waals surface area contributed by atoms with E-state index in [1.807, 2.05) is 48.0 Å². The van der Waals surface area contributed by atoms with Gasteiger partial charge in [0.05, 0.1) is 11.3 Å². The first-order chi connectivity index (χ1) is 5.84. The van der Waals surface area contributed by atoms with Gasteiger partial charge in [-0.3, -0.25) is 4.79 Å². The zero-order chi connectivity index (χ0) is 8.55. The van der Waals surface area contributed by atoms with Gasteiger partial charge in [-0.25, -0.2) is 0 Å². The molecule has 64 valence electrons. The number of fused-ring (bicyclic) bond motifs is 1. The van der Waals surface area contributed by atoms with E-state index in [0.29, 0.717) is 5.37 Å². The average molecular weight is 181 g/mol. The zero-order valence-corrected chi connectivity index (χ0v) is 7.75. The molecule has 1 saturated heterocycles. The SMILES string of the molecule is CC=CC1C(=O)N2C=CCS[C@@H]12. The Morgan fingerprint density at radius 3 is 3.33 bits per heavy atom. The standard InChI is InChI=1S/C9H11NOS/c1-2-4-7-8(11)10-5-3-6-12-9(7)10/h2-5,7,9H,6H2,1H3/t7?,9-/m0/s1. The first-order valence-electron chi connectivity index (χ1n) is 4.08. The number of carbonyl (C=O) groups is 1. The molecule has 1 fully saturated rings. The van der Waals surface area contributed by atoms with Crippen molar-refractivity contribution in [2.45, 2.75) is 12.3 Å². The van der Waals surface area contributed by atoms with Crippen molar-refractivity contribution in [1.82, 2.24) is 4.90 Å². The van der Waals surface area contributed by atoms with Crippen LogP contribution in [0.3, 0.4) is 0 Å². The highest BCUT2D eigenvalue weighted by Gasteiger charge is 2.45. The highest BCUT2D eigenvalue weighted by molar-refractivity contribution is 8.00. The highest BCUT2D eigenvalue weighted by atomic mass is 32.2. The Bertz CT molecular complexity index is 259. The molecule has 0 aromatic heterocycles. The van der Waals surface area contributed by atoms with E-state index >= 15 is 0 Å². The summed E-state index contributed by atoms with van der Waals surface area (Å²) in [6, 6.07) is 0. The van der Waals surface area contributed by atoms with Crippen molar-refractivity contribution in [3.8, 4) is 0 Å². The Balaban J connectivity index is 2.13. The second kappa shape index (κ2) is 2.98. The van der Waals surface area contributed by atoms with Gasteiger partial charge in [-0.2, -0.15) is 0 Å². The molecule has 12 heavy (non-hydrogen) atoms. The van der Waals surface area contributed by atoms with Crippen molar-refractivity contribution in [1.29, 1.82) is 0 Å². The summed E-state index contributed by atoms with van der Waals surface area (Å²) in [5, 5.41) is 0.374. The molecule has 0 aliphatic carbocycles. The molecule has 3 heteroatoms. The zero-order valence-electron chi connectivity index (χ0n) is 6.93. The van der Waals surface area contributed by atoms with Crippen LogP contribution < -0.4 is 0 Å². The van der Waals surface area contributed by atoms with Crippen molar-refractivity contribution in [2.24, 2.45) is 5.92 Å². The van der Waals surface area contributed by atoms with Crippen molar-refractivity contribution >= 4 is 17.7 Å². The van der Waals surface area contributed by atoms with Gasteiger partial charge >= 0.3 is 0 Å². The van der Waals surface area contributed by atoms with Crippen LogP contribution in [-0.4, -0.2) is 21.9 Å². The van der Waals surface area contributed by atoms with E-state index in [1.54, 1.807) is 0 Å². The molecule has 1 unspecified atom stereocenters. The second-order valence-corrected chi connectivity index (χ2v) is 4.06. The number of nitrogens with zero attached hydrogens (tertiary/aromatic N) is 1. The molecule has 2 atom stereocenters. The van der Waals surface area contributed by atoms with Gasteiger partial charge in [-0.05, 0) is 6.92 Å². The molecular formula is C9H11NOS. The Kier molecular flexibility index (Phi) is 1.97. The normalized spacial score (nSPS) is 33.8. The third kappa shape index (κ3) is 1.00. The maximum Gasteiger partial charge on any atom is 0.237 e. The first kappa shape index (κ1) is 7.92. The fraction of sp³-hybridized carbons (Fsp3) is 0.444. The van der Waals surface area contributed by atoms with Gasteiger partial charge in [-0.15, -0.1) is 11.8 Å². The summed E-state index contributed by atoms with van der Waals surface area (Å²) in [5.74, 6) is 1.40. The molecule has 2 aliphatic rings. The Morgan fingerprint density at radius 2 is 2.58 bits per heavy atom. The first-order valence-corrected chi connectivity index (χ1v) is 5.12. The smallest absolute Gasteiger partial charge is 0.237 e. The molecule has 0 spiro atoms. The van der Waals surface area contributed by atoms with Crippen molar-refractivity contribution in [3.05, 3.63) is 24.4 Å². The van der Waals surface area contributed by atoms with E-state index in [-0.39, 0.29) is 11.8 Å². The van der Waals surface area contributed by atoms with Crippen molar-refractivity contribution in [3.63, 3.8) is 0 Å². The summed E-state index contributed by atoms with van der Waals surface area (Å²) < 4.78 is 0. The summed E-state index contributed by atoms with van der Waals surface area (Å²) in [4.78, 5) is 13.2. The average Bonchev–Trinajstić information content (AvgIpc) is 2.13. The number of β-lactam (4-membered cyclic amide) rings is 1. The molecule has 2 heterocycles. The molecule has 0 radical (unpaired) electrons. The van der Waals surface area contributed by atoms with Gasteiger partial charge in [0, 0.05) is 12.0 Å². The van der Waals surface area contributed by atoms with Crippen LogP contribution in [0.1, 0.15) is 6.92 Å². The molecule has 2 aliphatic heterocycles. The Hall–Kier alpha value is -0.700. The summed E-state index contributed by atoms with van der Waals surface area (Å²) in [6.07, 6.45) is 7.89. The van der Waals surface area contributed by atoms with Crippen LogP contribution in [0.15, 0.2) is 24.4 Å². The topological polar surface area (TPSA) is 20.3 Å². The lowest BCUT2D eigenvalue weighted by atomic mass is 9.98. The second-order valence-electron chi connectivity index (χ2n) is 2.91. The van der Waals surface area contributed by atoms with E-state index in [4.69, 9.17) is 0 Å². The predicted octanol–water partition coefficient (Wildman–Crippen LogP) is 1.61. The predicted molar refractivity (Wildman–Crippen MR) is 50.5 cm³/mol. The Labute approximate surface area is 76.3 Å². The van der Waals surface area contributed by atoms with E-state index in [1.165, 1.54) is 0 Å². The molecule has 0 N–H and O–H groups in total. The van der Waals surface area contributed by atoms with E-state index in [0.717, 1.165) is 5.75 Å². The van der Waals surface area contributed by atoms with Crippen molar-refractivity contribution in [2.75, 3.05) is 5.75 Å². The number of allylic oxidation sites excluding steroid dienone is 1. The highest BCUT2D eigenvalue weighted by Crippen LogP contribution is 2.38. The van der Waals surface area contributed by atoms with Gasteiger partial charge in [0.25, 0.3) is 0 Å². The fourth-order valence-corrected chi connectivity index (χ4v) is 2.69. The van der Waals surface area contributed by atoms with E-state index < -0.39 is 0 Å². The third-order valence-corrected chi connectivity index (χ3v) is 3.40. The summed E-state index contributed by atoms with van der Waals surface area (Å²) >= 11 is 1.83. The lowest BCUT2D eigenvalue weighted by molar-refractivity contribution is -0.142. The van der Waals surface area contributed by atoms with Gasteiger partial charge in [-0.1, -0.05) is 18.2 Å². The number of hydrogen-bond acceptors (Lipinski definition) is 2. The molecule has 1 amide bonds. The van der Waals surface area contributed by atoms with Crippen LogP contribution in [0.2, 0.25) is 0 Å². The van der Waals surface area contributed by atoms with Crippen LogP contribution in [0.25, 0.3) is 0 Å². The molecule has 2 rings (SSSR count). The Morgan fingerprint density at radius 1 is 1.75 bits per heavy atom. The summed E-state index contributed by atoms with van der Waals surface area (Å²) in [6.45, 7) is 1.96. The number of rotatable bonds is 1. The molecule has 0 aromatic rings. The van der Waals surface area contributed by atoms with Crippen LogP contribution in [-0.2, 0) is 4.79 Å². The maximum atomic E-state index is 11.4. The summed E-state index contributed by atoms with van der Waals surface area (Å²) in [5.41, 5.74) is 0. The number of amides is 1. The maximum absolute atomic E-state index is 11.4. The molecular weight excluding hydrogens is 170 g/mol. The van der Waals surface area contributed by atoms with E-state index in [2.05, 4.69) is 0 Å². The number of thioether (sulfide) groups is 1. The molecule has 0 bridgehead atoms. The van der Waals surface area contributed by atoms with Gasteiger partial charge < -0.3 is 4.90 Å². The third-order valence-electron chi connectivity index (χ3n) is 2.15. The van der Waals surface area contributed by atoms with Crippen LogP contribution in [0.4, 0.5) is 0 Å². The largest absolute Gasteiger partial charge is 0.305 e. The van der Waals surface area contributed by atoms with Crippen LogP contribution >= 0.6 is 11.8 Å². The molecule has 0 aromatic carbocycles. The number of hydrogen-bond donors (Lipinski definition) is 0. The van der Waals surface area contributed by atoms with E-state index in [9.17, 15) is 4.79 Å². The van der Waals surface area contributed by atoms with Gasteiger partial charge in [0.15, 0.2) is 0 Å². The fourth-order valence-electron chi connectivity index (χ4n) is 1.55. The lowest BCUT2D eigenvalue weighted by Gasteiger charge is -2.45. The monoisotopic (exact) mass is 181 g/mol. The minimum atomic E-state index is 0.130. The molecule has 2 nitrogen and oxygen atoms in total. The number of carbonyl (C=O) groups excluding carboxylic acids is 1. The van der Waals surface area contributed by atoms with Crippen molar-refractivity contribution < 1.29 is 4.79 Å². The lowest BCUT2D eigenvalue weighted by Crippen LogP contribution is -2.56. The van der Waals surface area contributed by atoms with Crippen LogP contribution in [0.5, 0.6) is 0 Å². The minimum Gasteiger partial charge on any atom is -0.305 e.